The lowest BCUT2D eigenvalue weighted by molar-refractivity contribution is -0.384. The first-order valence-corrected chi connectivity index (χ1v) is 10.9. The van der Waals surface area contributed by atoms with E-state index in [0.29, 0.717) is 49.0 Å². The fourth-order valence-electron chi connectivity index (χ4n) is 3.69. The van der Waals surface area contributed by atoms with Crippen LogP contribution in [-0.4, -0.2) is 60.9 Å². The quantitative estimate of drug-likeness (QED) is 0.456. The average Bonchev–Trinajstić information content (AvgIpc) is 2.74. The van der Waals surface area contributed by atoms with Crippen molar-refractivity contribution in [2.75, 3.05) is 38.2 Å². The highest BCUT2D eigenvalue weighted by atomic mass is 16.6. The third-order valence-corrected chi connectivity index (χ3v) is 5.17. The minimum absolute atomic E-state index is 0.00839. The van der Waals surface area contributed by atoms with Gasteiger partial charge in [-0.2, -0.15) is 0 Å². The van der Waals surface area contributed by atoms with E-state index in [1.807, 2.05) is 62.9 Å². The molecule has 2 aromatic carbocycles. The molecular weight excluding hydrogens is 426 g/mol. The molecule has 1 atom stereocenters. The van der Waals surface area contributed by atoms with Gasteiger partial charge >= 0.3 is 6.09 Å². The molecule has 3 rings (SSSR count). The van der Waals surface area contributed by atoms with Crippen LogP contribution in [0.1, 0.15) is 26.3 Å². The summed E-state index contributed by atoms with van der Waals surface area (Å²) in [6.07, 6.45) is -0.766. The van der Waals surface area contributed by atoms with Crippen LogP contribution in [0.3, 0.4) is 0 Å². The van der Waals surface area contributed by atoms with Gasteiger partial charge in [-0.05, 0) is 45.9 Å². The molecule has 0 aromatic heterocycles. The van der Waals surface area contributed by atoms with Crippen molar-refractivity contribution in [3.8, 4) is 11.5 Å². The third-order valence-electron chi connectivity index (χ3n) is 5.17. The summed E-state index contributed by atoms with van der Waals surface area (Å²) in [6, 6.07) is 12.4. The van der Waals surface area contributed by atoms with E-state index >= 15 is 0 Å². The lowest BCUT2D eigenvalue weighted by Crippen LogP contribution is -2.49. The lowest BCUT2D eigenvalue weighted by Gasteiger charge is -2.36. The zero-order chi connectivity index (χ0) is 24.2. The summed E-state index contributed by atoms with van der Waals surface area (Å²) in [6.45, 7) is 8.81. The van der Waals surface area contributed by atoms with Gasteiger partial charge in [-0.15, -0.1) is 0 Å². The molecule has 9 heteroatoms. The Balaban J connectivity index is 1.81. The Labute approximate surface area is 194 Å². The zero-order valence-electron chi connectivity index (χ0n) is 19.7. The van der Waals surface area contributed by atoms with E-state index < -0.39 is 11.7 Å². The van der Waals surface area contributed by atoms with E-state index in [9.17, 15) is 14.9 Å². The van der Waals surface area contributed by atoms with Crippen molar-refractivity contribution < 1.29 is 23.9 Å². The van der Waals surface area contributed by atoms with E-state index in [1.54, 1.807) is 13.1 Å². The Bertz CT molecular complexity index is 990. The summed E-state index contributed by atoms with van der Waals surface area (Å²) in [5, 5.41) is 11.8. The van der Waals surface area contributed by atoms with Crippen LogP contribution in [-0.2, 0) is 9.47 Å². The van der Waals surface area contributed by atoms with Gasteiger partial charge < -0.3 is 24.0 Å². The summed E-state index contributed by atoms with van der Waals surface area (Å²) in [5.74, 6) is 1.20. The van der Waals surface area contributed by atoms with E-state index in [2.05, 4.69) is 0 Å². The number of hydrogen-bond donors (Lipinski definition) is 0. The zero-order valence-corrected chi connectivity index (χ0v) is 19.7. The highest BCUT2D eigenvalue weighted by molar-refractivity contribution is 5.72. The number of nitrogens with zero attached hydrogens (tertiary/aromatic N) is 3. The van der Waals surface area contributed by atoms with Crippen LogP contribution < -0.4 is 9.64 Å². The second-order valence-corrected chi connectivity index (χ2v) is 9.03. The molecule has 1 aliphatic heterocycles. The van der Waals surface area contributed by atoms with E-state index in [1.165, 1.54) is 11.0 Å². The van der Waals surface area contributed by atoms with E-state index in [0.717, 1.165) is 0 Å². The van der Waals surface area contributed by atoms with Crippen LogP contribution in [0.15, 0.2) is 42.5 Å². The summed E-state index contributed by atoms with van der Waals surface area (Å²) in [5.41, 5.74) is 0.590. The maximum atomic E-state index is 12.3. The summed E-state index contributed by atoms with van der Waals surface area (Å²) < 4.78 is 17.3. The molecule has 1 heterocycles. The number of rotatable bonds is 6. The van der Waals surface area contributed by atoms with Crippen molar-refractivity contribution in [1.82, 2.24) is 4.90 Å². The van der Waals surface area contributed by atoms with Crippen molar-refractivity contribution in [1.29, 1.82) is 0 Å². The smallest absolute Gasteiger partial charge is 0.410 e. The number of anilines is 1. The normalized spacial score (nSPS) is 16.3. The minimum Gasteiger partial charge on any atom is -0.457 e. The van der Waals surface area contributed by atoms with Crippen molar-refractivity contribution in [3.05, 3.63) is 58.1 Å². The second kappa shape index (κ2) is 10.1. The molecular formula is C24H31N3O6. The predicted molar refractivity (Wildman–Crippen MR) is 125 cm³/mol. The van der Waals surface area contributed by atoms with Gasteiger partial charge in [0, 0.05) is 31.8 Å². The number of para-hydroxylation sites is 1. The largest absolute Gasteiger partial charge is 0.457 e. The van der Waals surface area contributed by atoms with Crippen LogP contribution in [0.5, 0.6) is 11.5 Å². The number of nitro groups is 1. The molecule has 0 unspecified atom stereocenters. The molecule has 1 saturated heterocycles. The predicted octanol–water partition coefficient (Wildman–Crippen LogP) is 4.77. The van der Waals surface area contributed by atoms with Gasteiger partial charge in [-0.1, -0.05) is 18.2 Å². The van der Waals surface area contributed by atoms with Crippen molar-refractivity contribution in [2.45, 2.75) is 39.4 Å². The Morgan fingerprint density at radius 3 is 2.58 bits per heavy atom. The highest BCUT2D eigenvalue weighted by Crippen LogP contribution is 2.39. The number of likely N-dealkylation sites (N-methyl/N-ethyl adjacent to an activating group) is 1. The minimum atomic E-state index is -0.596. The van der Waals surface area contributed by atoms with Gasteiger partial charge in [0.25, 0.3) is 5.69 Å². The fraction of sp³-hybridized carbons (Fsp3) is 0.458. The van der Waals surface area contributed by atoms with Crippen LogP contribution >= 0.6 is 0 Å². The number of ether oxygens (including phenoxy) is 3. The number of carbonyl (C=O) groups is 1. The first kappa shape index (κ1) is 24.3. The van der Waals surface area contributed by atoms with Gasteiger partial charge in [0.2, 0.25) is 0 Å². The van der Waals surface area contributed by atoms with Crippen molar-refractivity contribution in [2.24, 2.45) is 0 Å². The van der Waals surface area contributed by atoms with Crippen LogP contribution in [0.4, 0.5) is 16.2 Å². The molecule has 0 N–H and O–H groups in total. The third kappa shape index (κ3) is 6.35. The van der Waals surface area contributed by atoms with Gasteiger partial charge in [0.05, 0.1) is 24.2 Å². The summed E-state index contributed by atoms with van der Waals surface area (Å²) >= 11 is 0. The molecule has 2 aromatic rings. The molecule has 0 bridgehead atoms. The molecule has 0 saturated carbocycles. The molecule has 33 heavy (non-hydrogen) atoms. The van der Waals surface area contributed by atoms with E-state index in [4.69, 9.17) is 14.2 Å². The van der Waals surface area contributed by atoms with Crippen LogP contribution in [0, 0.1) is 17.0 Å². The Hall–Kier alpha value is -3.33. The van der Waals surface area contributed by atoms with Crippen LogP contribution in [0.25, 0.3) is 0 Å². The van der Waals surface area contributed by atoms with Gasteiger partial charge in [0.15, 0.2) is 0 Å². The Morgan fingerprint density at radius 2 is 1.94 bits per heavy atom. The number of amides is 1. The first-order chi connectivity index (χ1) is 15.5. The number of hydrogen-bond acceptors (Lipinski definition) is 7. The molecule has 178 valence electrons. The van der Waals surface area contributed by atoms with Gasteiger partial charge in [-0.3, -0.25) is 10.1 Å². The van der Waals surface area contributed by atoms with Crippen LogP contribution in [0.2, 0.25) is 0 Å². The highest BCUT2D eigenvalue weighted by Gasteiger charge is 2.31. The standard InChI is InChI=1S/C24H31N3O6/c1-17-21(32-18-9-7-6-8-10-18)12-11-20(27(29)30)22(17)26-13-14-31-19(16-26)15-25(5)23(28)33-24(2,3)4/h6-12,19H,13-16H2,1-5H3/t19-/m1/s1. The summed E-state index contributed by atoms with van der Waals surface area (Å²) in [7, 11) is 1.65. The number of benzene rings is 2. The average molecular weight is 458 g/mol. The lowest BCUT2D eigenvalue weighted by atomic mass is 10.1. The number of nitro benzene ring substituents is 1. The molecule has 1 fully saturated rings. The van der Waals surface area contributed by atoms with Gasteiger partial charge in [0.1, 0.15) is 22.8 Å². The van der Waals surface area contributed by atoms with Crippen molar-refractivity contribution >= 4 is 17.5 Å². The molecule has 9 nitrogen and oxygen atoms in total. The molecule has 0 spiro atoms. The second-order valence-electron chi connectivity index (χ2n) is 9.03. The van der Waals surface area contributed by atoms with Crippen molar-refractivity contribution in [3.63, 3.8) is 0 Å². The molecule has 0 aliphatic carbocycles. The maximum Gasteiger partial charge on any atom is 0.410 e. The fourth-order valence-corrected chi connectivity index (χ4v) is 3.69. The number of morpholine rings is 1. The SMILES string of the molecule is Cc1c(Oc2ccccc2)ccc([N+](=O)[O-])c1N1CCO[C@H](CN(C)C(=O)OC(C)(C)C)C1. The number of carbonyl (C=O) groups excluding carboxylic acids is 1. The molecule has 1 amide bonds. The Morgan fingerprint density at radius 1 is 1.24 bits per heavy atom. The first-order valence-electron chi connectivity index (χ1n) is 10.9. The Kier molecular flexibility index (Phi) is 7.43. The van der Waals surface area contributed by atoms with Gasteiger partial charge in [-0.25, -0.2) is 4.79 Å². The molecule has 0 radical (unpaired) electrons. The summed E-state index contributed by atoms with van der Waals surface area (Å²) in [4.78, 5) is 27.2. The topological polar surface area (TPSA) is 94.4 Å². The molecule has 1 aliphatic rings. The monoisotopic (exact) mass is 457 g/mol. The maximum absolute atomic E-state index is 12.3. The van der Waals surface area contributed by atoms with E-state index in [-0.39, 0.29) is 16.7 Å².